The van der Waals surface area contributed by atoms with Gasteiger partial charge in [-0.05, 0) is 79.4 Å². The van der Waals surface area contributed by atoms with E-state index in [0.29, 0.717) is 13.1 Å². The van der Waals surface area contributed by atoms with E-state index in [1.165, 1.54) is 58.2 Å². The zero-order valence-corrected chi connectivity index (χ0v) is 18.6. The minimum atomic E-state index is -0.460. The Kier molecular flexibility index (Phi) is 12.7. The van der Waals surface area contributed by atoms with Gasteiger partial charge in [-0.15, -0.1) is 0 Å². The Morgan fingerprint density at radius 2 is 1.68 bits per heavy atom. The van der Waals surface area contributed by atoms with E-state index in [4.69, 9.17) is 4.74 Å². The SMILES string of the molecule is CCNC(=NCCCNC(=O)OC(C)(C)C)NCCCCCN1CCCCC1. The summed E-state index contributed by atoms with van der Waals surface area (Å²) in [7, 11) is 0. The maximum atomic E-state index is 11.6. The highest BCUT2D eigenvalue weighted by atomic mass is 16.6. The van der Waals surface area contributed by atoms with E-state index in [-0.39, 0.29) is 6.09 Å². The summed E-state index contributed by atoms with van der Waals surface area (Å²) in [6, 6.07) is 0. The lowest BCUT2D eigenvalue weighted by Crippen LogP contribution is -2.38. The smallest absolute Gasteiger partial charge is 0.407 e. The number of nitrogens with zero attached hydrogens (tertiary/aromatic N) is 2. The fraction of sp³-hybridized carbons (Fsp3) is 0.905. The van der Waals surface area contributed by atoms with E-state index in [2.05, 4.69) is 32.8 Å². The first-order chi connectivity index (χ1) is 13.4. The molecule has 1 heterocycles. The van der Waals surface area contributed by atoms with Gasteiger partial charge in [0.15, 0.2) is 5.96 Å². The van der Waals surface area contributed by atoms with Crippen LogP contribution < -0.4 is 16.0 Å². The Bertz CT molecular complexity index is 443. The normalized spacial score (nSPS) is 15.9. The molecule has 1 saturated heterocycles. The standard InChI is InChI=1S/C21H43N5O2/c1-5-22-19(24-14-12-15-25-20(27)28-21(2,3)4)23-13-8-6-9-16-26-17-10-7-11-18-26/h5-18H2,1-4H3,(H,25,27)(H2,22,23,24). The molecule has 0 aliphatic carbocycles. The Labute approximate surface area is 172 Å². The van der Waals surface area contributed by atoms with Crippen molar-refractivity contribution in [2.24, 2.45) is 4.99 Å². The van der Waals surface area contributed by atoms with E-state index in [0.717, 1.165) is 25.5 Å². The molecular formula is C21H43N5O2. The first-order valence-corrected chi connectivity index (χ1v) is 11.1. The monoisotopic (exact) mass is 397 g/mol. The number of nitrogens with one attached hydrogen (secondary N) is 3. The quantitative estimate of drug-likeness (QED) is 0.284. The summed E-state index contributed by atoms with van der Waals surface area (Å²) in [6.45, 7) is 14.5. The molecule has 0 aromatic carbocycles. The molecule has 7 heteroatoms. The van der Waals surface area contributed by atoms with Gasteiger partial charge in [-0.2, -0.15) is 0 Å². The van der Waals surface area contributed by atoms with Gasteiger partial charge < -0.3 is 25.6 Å². The molecule has 0 saturated carbocycles. The largest absolute Gasteiger partial charge is 0.444 e. The minimum Gasteiger partial charge on any atom is -0.444 e. The number of piperidine rings is 1. The molecule has 0 radical (unpaired) electrons. The molecule has 0 aromatic heterocycles. The summed E-state index contributed by atoms with van der Waals surface area (Å²) in [6.07, 6.45) is 8.27. The molecule has 164 valence electrons. The lowest BCUT2D eigenvalue weighted by atomic mass is 10.1. The Morgan fingerprint density at radius 3 is 2.36 bits per heavy atom. The second-order valence-electron chi connectivity index (χ2n) is 8.43. The molecule has 0 bridgehead atoms. The Morgan fingerprint density at radius 1 is 0.964 bits per heavy atom. The van der Waals surface area contributed by atoms with Crippen molar-refractivity contribution in [3.05, 3.63) is 0 Å². The number of carbonyl (C=O) groups is 1. The summed E-state index contributed by atoms with van der Waals surface area (Å²) >= 11 is 0. The number of ether oxygens (including phenoxy) is 1. The van der Waals surface area contributed by atoms with Crippen molar-refractivity contribution in [3.63, 3.8) is 0 Å². The van der Waals surface area contributed by atoms with Crippen molar-refractivity contribution in [2.75, 3.05) is 45.8 Å². The zero-order chi connectivity index (χ0) is 20.7. The van der Waals surface area contributed by atoms with Crippen LogP contribution in [0.25, 0.3) is 0 Å². The van der Waals surface area contributed by atoms with Gasteiger partial charge in [0.1, 0.15) is 5.60 Å². The highest BCUT2D eigenvalue weighted by Crippen LogP contribution is 2.09. The molecular weight excluding hydrogens is 354 g/mol. The van der Waals surface area contributed by atoms with Gasteiger partial charge in [-0.25, -0.2) is 4.79 Å². The number of aliphatic imine (C=N–C) groups is 1. The maximum Gasteiger partial charge on any atom is 0.407 e. The van der Waals surface area contributed by atoms with Crippen LogP contribution >= 0.6 is 0 Å². The topological polar surface area (TPSA) is 78.0 Å². The highest BCUT2D eigenvalue weighted by Gasteiger charge is 2.15. The van der Waals surface area contributed by atoms with Crippen molar-refractivity contribution in [2.45, 2.75) is 78.2 Å². The Balaban J connectivity index is 2.08. The molecule has 0 unspecified atom stereocenters. The molecule has 3 N–H and O–H groups in total. The molecule has 1 aliphatic rings. The van der Waals surface area contributed by atoms with Gasteiger partial charge >= 0.3 is 6.09 Å². The van der Waals surface area contributed by atoms with Crippen LogP contribution in [0.15, 0.2) is 4.99 Å². The number of amides is 1. The molecule has 1 fully saturated rings. The van der Waals surface area contributed by atoms with Crippen molar-refractivity contribution in [1.82, 2.24) is 20.9 Å². The lowest BCUT2D eigenvalue weighted by Gasteiger charge is -2.26. The van der Waals surface area contributed by atoms with Gasteiger partial charge in [0.05, 0.1) is 0 Å². The first kappa shape index (κ1) is 24.5. The number of hydrogen-bond donors (Lipinski definition) is 3. The molecule has 0 aromatic rings. The highest BCUT2D eigenvalue weighted by molar-refractivity contribution is 5.79. The van der Waals surface area contributed by atoms with Crippen LogP contribution in [0.2, 0.25) is 0 Å². The maximum absolute atomic E-state index is 11.6. The van der Waals surface area contributed by atoms with Crippen LogP contribution in [0, 0.1) is 0 Å². The molecule has 0 atom stereocenters. The van der Waals surface area contributed by atoms with Crippen LogP contribution in [0.4, 0.5) is 4.79 Å². The summed E-state index contributed by atoms with van der Waals surface area (Å²) in [5.41, 5.74) is -0.460. The predicted octanol–water partition coefficient (Wildman–Crippen LogP) is 3.11. The summed E-state index contributed by atoms with van der Waals surface area (Å²) in [5.74, 6) is 0.857. The van der Waals surface area contributed by atoms with E-state index < -0.39 is 5.60 Å². The number of alkyl carbamates (subject to hydrolysis) is 1. The van der Waals surface area contributed by atoms with E-state index >= 15 is 0 Å². The zero-order valence-electron chi connectivity index (χ0n) is 18.6. The third kappa shape index (κ3) is 13.6. The average molecular weight is 398 g/mol. The number of guanidine groups is 1. The van der Waals surface area contributed by atoms with Crippen molar-refractivity contribution in [1.29, 1.82) is 0 Å². The van der Waals surface area contributed by atoms with Crippen molar-refractivity contribution >= 4 is 12.1 Å². The van der Waals surface area contributed by atoms with Gasteiger partial charge in [0, 0.05) is 26.2 Å². The first-order valence-electron chi connectivity index (χ1n) is 11.1. The van der Waals surface area contributed by atoms with Crippen molar-refractivity contribution in [3.8, 4) is 0 Å². The van der Waals surface area contributed by atoms with Crippen LogP contribution in [0.3, 0.4) is 0 Å². The van der Waals surface area contributed by atoms with Crippen LogP contribution in [0.1, 0.15) is 72.6 Å². The number of rotatable bonds is 11. The average Bonchev–Trinajstić information content (AvgIpc) is 2.63. The predicted molar refractivity (Wildman–Crippen MR) is 117 cm³/mol. The van der Waals surface area contributed by atoms with Gasteiger partial charge in [-0.3, -0.25) is 4.99 Å². The van der Waals surface area contributed by atoms with E-state index in [9.17, 15) is 4.79 Å². The third-order valence-corrected chi connectivity index (χ3v) is 4.51. The number of hydrogen-bond acceptors (Lipinski definition) is 4. The number of carbonyl (C=O) groups excluding carboxylic acids is 1. The summed E-state index contributed by atoms with van der Waals surface area (Å²) in [5, 5.41) is 9.44. The van der Waals surface area contributed by atoms with Gasteiger partial charge in [0.25, 0.3) is 0 Å². The van der Waals surface area contributed by atoms with Gasteiger partial charge in [0.2, 0.25) is 0 Å². The van der Waals surface area contributed by atoms with Crippen molar-refractivity contribution < 1.29 is 9.53 Å². The molecule has 1 amide bonds. The second kappa shape index (κ2) is 14.5. The molecule has 0 spiro atoms. The molecule has 28 heavy (non-hydrogen) atoms. The Hall–Kier alpha value is -1.50. The van der Waals surface area contributed by atoms with Crippen LogP contribution in [-0.4, -0.2) is 68.4 Å². The van der Waals surface area contributed by atoms with Crippen LogP contribution in [0.5, 0.6) is 0 Å². The second-order valence-corrected chi connectivity index (χ2v) is 8.43. The van der Waals surface area contributed by atoms with Crippen LogP contribution in [-0.2, 0) is 4.74 Å². The van der Waals surface area contributed by atoms with E-state index in [1.54, 1.807) is 0 Å². The lowest BCUT2D eigenvalue weighted by molar-refractivity contribution is 0.0527. The number of likely N-dealkylation sites (tertiary alicyclic amines) is 1. The minimum absolute atomic E-state index is 0.369. The third-order valence-electron chi connectivity index (χ3n) is 4.51. The molecule has 1 aliphatic heterocycles. The summed E-state index contributed by atoms with van der Waals surface area (Å²) in [4.78, 5) is 18.8. The fourth-order valence-corrected chi connectivity index (χ4v) is 3.14. The molecule has 1 rings (SSSR count). The van der Waals surface area contributed by atoms with E-state index in [1.807, 2.05) is 20.8 Å². The molecule has 7 nitrogen and oxygen atoms in total. The van der Waals surface area contributed by atoms with Gasteiger partial charge in [-0.1, -0.05) is 12.8 Å². The fourth-order valence-electron chi connectivity index (χ4n) is 3.14. The number of unbranched alkanes of at least 4 members (excludes halogenated alkanes) is 2. The summed E-state index contributed by atoms with van der Waals surface area (Å²) < 4.78 is 5.21.